The molecule has 3 aromatic rings. The lowest BCUT2D eigenvalue weighted by atomic mass is 9.93. The Bertz CT molecular complexity index is 1220. The van der Waals surface area contributed by atoms with Crippen LogP contribution >= 0.6 is 11.3 Å². The molecule has 1 atom stereocenters. The average Bonchev–Trinajstić information content (AvgIpc) is 3.33. The van der Waals surface area contributed by atoms with Gasteiger partial charge in [-0.05, 0) is 69.6 Å². The van der Waals surface area contributed by atoms with Crippen LogP contribution in [0.5, 0.6) is 0 Å². The van der Waals surface area contributed by atoms with Gasteiger partial charge >= 0.3 is 0 Å². The standard InChI is InChI=1S/C28H35N5OS/c1-19(2)28(3,34)11-8-20-6-5-7-21(14-20)16-30-24-15-23(17-31-26(24)29)25-18-32-27(35-25)22-9-12-33(4)13-10-22/h5-7,14-15,17-19,22,30,34H,9-10,12-13,16H2,1-4H3,(H2,29,31). The molecule has 3 heterocycles. The van der Waals surface area contributed by atoms with Crippen LogP contribution in [-0.2, 0) is 6.54 Å². The van der Waals surface area contributed by atoms with Gasteiger partial charge in [-0.1, -0.05) is 37.8 Å². The summed E-state index contributed by atoms with van der Waals surface area (Å²) >= 11 is 1.76. The number of pyridine rings is 1. The van der Waals surface area contributed by atoms with Crippen molar-refractivity contribution in [2.75, 3.05) is 31.2 Å². The van der Waals surface area contributed by atoms with E-state index in [4.69, 9.17) is 10.7 Å². The lowest BCUT2D eigenvalue weighted by Crippen LogP contribution is -2.29. The van der Waals surface area contributed by atoms with Crippen molar-refractivity contribution in [3.63, 3.8) is 0 Å². The van der Waals surface area contributed by atoms with Crippen molar-refractivity contribution in [2.24, 2.45) is 5.92 Å². The number of rotatable bonds is 6. The third-order valence-corrected chi connectivity index (χ3v) is 8.00. The first-order valence-corrected chi connectivity index (χ1v) is 13.0. The third kappa shape index (κ3) is 6.40. The molecule has 4 N–H and O–H groups in total. The monoisotopic (exact) mass is 489 g/mol. The van der Waals surface area contributed by atoms with Gasteiger partial charge in [0.15, 0.2) is 0 Å². The Hall–Kier alpha value is -2.92. The van der Waals surface area contributed by atoms with E-state index in [0.717, 1.165) is 53.2 Å². The second-order valence-corrected chi connectivity index (χ2v) is 11.0. The SMILES string of the molecule is CC(C)C(C)(O)C#Cc1cccc(CNc2cc(-c3cnc(C4CCN(C)CC4)s3)cnc2N)c1. The summed E-state index contributed by atoms with van der Waals surface area (Å²) in [6.07, 6.45) is 6.11. The number of thiazole rings is 1. The number of likely N-dealkylation sites (tertiary alicyclic amines) is 1. The predicted octanol–water partition coefficient (Wildman–Crippen LogP) is 4.97. The van der Waals surface area contributed by atoms with E-state index < -0.39 is 5.60 Å². The van der Waals surface area contributed by atoms with Gasteiger partial charge < -0.3 is 21.1 Å². The minimum atomic E-state index is -1.02. The molecule has 184 valence electrons. The van der Waals surface area contributed by atoms with Gasteiger partial charge in [0.25, 0.3) is 0 Å². The van der Waals surface area contributed by atoms with Gasteiger partial charge in [-0.15, -0.1) is 11.3 Å². The van der Waals surface area contributed by atoms with Gasteiger partial charge in [0.1, 0.15) is 11.4 Å². The maximum Gasteiger partial charge on any atom is 0.146 e. The largest absolute Gasteiger partial charge is 0.382 e. The first-order chi connectivity index (χ1) is 16.7. The topological polar surface area (TPSA) is 87.3 Å². The number of hydrogen-bond donors (Lipinski definition) is 3. The molecule has 0 saturated carbocycles. The highest BCUT2D eigenvalue weighted by Crippen LogP contribution is 2.35. The number of hydrogen-bond acceptors (Lipinski definition) is 7. The van der Waals surface area contributed by atoms with Crippen molar-refractivity contribution in [1.82, 2.24) is 14.9 Å². The summed E-state index contributed by atoms with van der Waals surface area (Å²) in [4.78, 5) is 12.7. The zero-order chi connectivity index (χ0) is 25.0. The van der Waals surface area contributed by atoms with E-state index in [1.54, 1.807) is 18.3 Å². The first kappa shape index (κ1) is 25.2. The number of aliphatic hydroxyl groups is 1. The number of benzene rings is 1. The highest BCUT2D eigenvalue weighted by molar-refractivity contribution is 7.15. The Kier molecular flexibility index (Phi) is 7.75. The van der Waals surface area contributed by atoms with Gasteiger partial charge in [0.2, 0.25) is 0 Å². The summed E-state index contributed by atoms with van der Waals surface area (Å²) in [7, 11) is 2.18. The van der Waals surface area contributed by atoms with E-state index in [0.29, 0.717) is 18.3 Å². The lowest BCUT2D eigenvalue weighted by Gasteiger charge is -2.27. The summed E-state index contributed by atoms with van der Waals surface area (Å²) in [5.41, 5.74) is 8.94. The molecule has 6 nitrogen and oxygen atoms in total. The van der Waals surface area contributed by atoms with Crippen molar-refractivity contribution in [1.29, 1.82) is 0 Å². The Morgan fingerprint density at radius 1 is 1.23 bits per heavy atom. The minimum absolute atomic E-state index is 0.0570. The zero-order valence-corrected chi connectivity index (χ0v) is 21.8. The van der Waals surface area contributed by atoms with Crippen LogP contribution in [0.25, 0.3) is 10.4 Å². The molecule has 0 amide bonds. The number of piperidine rings is 1. The Balaban J connectivity index is 1.45. The number of anilines is 2. The van der Waals surface area contributed by atoms with Gasteiger partial charge in [0, 0.05) is 36.0 Å². The second kappa shape index (κ2) is 10.8. The molecule has 1 saturated heterocycles. The maximum absolute atomic E-state index is 10.4. The smallest absolute Gasteiger partial charge is 0.146 e. The molecule has 1 fully saturated rings. The summed E-state index contributed by atoms with van der Waals surface area (Å²) in [6, 6.07) is 10.1. The number of nitrogens with two attached hydrogens (primary N) is 1. The van der Waals surface area contributed by atoms with E-state index in [1.165, 1.54) is 5.01 Å². The van der Waals surface area contributed by atoms with Gasteiger partial charge in [-0.2, -0.15) is 0 Å². The van der Waals surface area contributed by atoms with E-state index in [1.807, 2.05) is 50.5 Å². The highest BCUT2D eigenvalue weighted by Gasteiger charge is 2.22. The fraction of sp³-hybridized carbons (Fsp3) is 0.429. The molecular formula is C28H35N5OS. The van der Waals surface area contributed by atoms with E-state index in [9.17, 15) is 5.11 Å². The van der Waals surface area contributed by atoms with Crippen molar-refractivity contribution >= 4 is 22.8 Å². The molecule has 1 aliphatic heterocycles. The van der Waals surface area contributed by atoms with Crippen molar-refractivity contribution in [3.8, 4) is 22.3 Å². The molecule has 7 heteroatoms. The molecule has 1 aliphatic rings. The molecule has 4 rings (SSSR count). The quantitative estimate of drug-likeness (QED) is 0.424. The summed E-state index contributed by atoms with van der Waals surface area (Å²) in [5.74, 6) is 7.16. The first-order valence-electron chi connectivity index (χ1n) is 12.2. The molecule has 1 unspecified atom stereocenters. The van der Waals surface area contributed by atoms with E-state index in [2.05, 4.69) is 40.2 Å². The van der Waals surface area contributed by atoms with Gasteiger partial charge in [-0.3, -0.25) is 0 Å². The van der Waals surface area contributed by atoms with E-state index >= 15 is 0 Å². The minimum Gasteiger partial charge on any atom is -0.382 e. The van der Waals surface area contributed by atoms with Crippen molar-refractivity contribution in [3.05, 3.63) is 58.9 Å². The fourth-order valence-corrected chi connectivity index (χ4v) is 4.98. The number of nitrogens with one attached hydrogen (secondary N) is 1. The van der Waals surface area contributed by atoms with Crippen molar-refractivity contribution < 1.29 is 5.11 Å². The molecule has 0 radical (unpaired) electrons. The van der Waals surface area contributed by atoms with E-state index in [-0.39, 0.29) is 5.92 Å². The molecule has 0 aliphatic carbocycles. The van der Waals surface area contributed by atoms with Gasteiger partial charge in [0.05, 0.1) is 15.6 Å². The van der Waals surface area contributed by atoms with Crippen LogP contribution in [0.3, 0.4) is 0 Å². The second-order valence-electron chi connectivity index (χ2n) is 9.90. The zero-order valence-electron chi connectivity index (χ0n) is 21.0. The Morgan fingerprint density at radius 3 is 2.74 bits per heavy atom. The molecule has 0 bridgehead atoms. The van der Waals surface area contributed by atoms with Crippen LogP contribution in [0.4, 0.5) is 11.5 Å². The van der Waals surface area contributed by atoms with Crippen LogP contribution in [0.2, 0.25) is 0 Å². The maximum atomic E-state index is 10.4. The molecular weight excluding hydrogens is 454 g/mol. The summed E-state index contributed by atoms with van der Waals surface area (Å²) in [5, 5.41) is 15.0. The Labute approximate surface area is 212 Å². The summed E-state index contributed by atoms with van der Waals surface area (Å²) in [6.45, 7) is 8.52. The van der Waals surface area contributed by atoms with Crippen LogP contribution in [-0.4, -0.2) is 45.7 Å². The molecule has 0 spiro atoms. The van der Waals surface area contributed by atoms with Crippen LogP contribution in [0.1, 0.15) is 55.7 Å². The molecule has 1 aromatic carbocycles. The normalized spacial score (nSPS) is 16.5. The number of nitrogen functional groups attached to an aromatic ring is 1. The molecule has 2 aromatic heterocycles. The van der Waals surface area contributed by atoms with Crippen LogP contribution in [0.15, 0.2) is 42.7 Å². The Morgan fingerprint density at radius 2 is 2.00 bits per heavy atom. The number of nitrogens with zero attached hydrogens (tertiary/aromatic N) is 3. The highest BCUT2D eigenvalue weighted by atomic mass is 32.1. The third-order valence-electron chi connectivity index (χ3n) is 6.79. The van der Waals surface area contributed by atoms with Crippen LogP contribution in [0, 0.1) is 17.8 Å². The lowest BCUT2D eigenvalue weighted by molar-refractivity contribution is 0.0726. The molecule has 35 heavy (non-hydrogen) atoms. The average molecular weight is 490 g/mol. The predicted molar refractivity (Wildman–Crippen MR) is 145 cm³/mol. The van der Waals surface area contributed by atoms with Crippen LogP contribution < -0.4 is 11.1 Å². The van der Waals surface area contributed by atoms with Crippen molar-refractivity contribution in [2.45, 2.75) is 51.7 Å². The summed E-state index contributed by atoms with van der Waals surface area (Å²) < 4.78 is 0. The number of aromatic nitrogens is 2. The fourth-order valence-electron chi connectivity index (χ4n) is 3.92. The van der Waals surface area contributed by atoms with Gasteiger partial charge in [-0.25, -0.2) is 9.97 Å².